The molecule has 2 bridgehead atoms. The van der Waals surface area contributed by atoms with Crippen LogP contribution in [-0.4, -0.2) is 29.1 Å². The van der Waals surface area contributed by atoms with E-state index in [1.54, 1.807) is 0 Å². The predicted molar refractivity (Wildman–Crippen MR) is 102 cm³/mol. The third-order valence-corrected chi connectivity index (χ3v) is 9.90. The standard InChI is InChI=1S/C23H36O4/c1-19(2)26-14-23(27-19)13-22-11-8-16-20(3,17(22)7-6-15(23)12-22)9-5-10-21(16,4)18(24)25/h15-17H,5-14H2,1-4H3,(H,24,25)/t15-,16+,17-,20-,21-,22+,23+/m1/s1. The van der Waals surface area contributed by atoms with Gasteiger partial charge in [-0.25, -0.2) is 0 Å². The van der Waals surface area contributed by atoms with E-state index in [9.17, 15) is 9.90 Å². The number of carboxylic acid groups (broad SMARTS) is 1. The van der Waals surface area contributed by atoms with Gasteiger partial charge >= 0.3 is 5.97 Å². The molecule has 5 rings (SSSR count). The van der Waals surface area contributed by atoms with E-state index in [0.29, 0.717) is 23.2 Å². The summed E-state index contributed by atoms with van der Waals surface area (Å²) in [5.74, 6) is 0.547. The Morgan fingerprint density at radius 2 is 1.78 bits per heavy atom. The van der Waals surface area contributed by atoms with Crippen LogP contribution in [-0.2, 0) is 14.3 Å². The lowest BCUT2D eigenvalue weighted by molar-refractivity contribution is -0.182. The first-order valence-corrected chi connectivity index (χ1v) is 11.1. The van der Waals surface area contributed by atoms with Crippen molar-refractivity contribution in [3.05, 3.63) is 0 Å². The zero-order valence-electron chi connectivity index (χ0n) is 17.5. The molecule has 4 saturated carbocycles. The third-order valence-electron chi connectivity index (χ3n) is 9.90. The Morgan fingerprint density at radius 3 is 2.44 bits per heavy atom. The van der Waals surface area contributed by atoms with Crippen molar-refractivity contribution in [2.75, 3.05) is 6.61 Å². The fourth-order valence-electron chi connectivity index (χ4n) is 8.99. The minimum absolute atomic E-state index is 0.0911. The van der Waals surface area contributed by atoms with Crippen LogP contribution in [0.25, 0.3) is 0 Å². The maximum Gasteiger partial charge on any atom is 0.309 e. The van der Waals surface area contributed by atoms with E-state index in [2.05, 4.69) is 20.8 Å². The molecular formula is C23H36O4. The Bertz CT molecular complexity index is 673. The van der Waals surface area contributed by atoms with Gasteiger partial charge in [0.1, 0.15) is 0 Å². The number of ether oxygens (including phenoxy) is 2. The molecule has 4 heteroatoms. The van der Waals surface area contributed by atoms with E-state index in [4.69, 9.17) is 9.47 Å². The number of rotatable bonds is 1. The topological polar surface area (TPSA) is 55.8 Å². The lowest BCUT2D eigenvalue weighted by Crippen LogP contribution is -2.58. The average Bonchev–Trinajstić information content (AvgIpc) is 3.00. The summed E-state index contributed by atoms with van der Waals surface area (Å²) in [6, 6.07) is 0. The van der Waals surface area contributed by atoms with Gasteiger partial charge in [0.15, 0.2) is 5.79 Å². The van der Waals surface area contributed by atoms with Gasteiger partial charge in [0.05, 0.1) is 17.6 Å². The lowest BCUT2D eigenvalue weighted by atomic mass is 9.41. The molecule has 152 valence electrons. The van der Waals surface area contributed by atoms with Crippen molar-refractivity contribution in [3.8, 4) is 0 Å². The van der Waals surface area contributed by atoms with Crippen LogP contribution in [0.2, 0.25) is 0 Å². The molecule has 0 aromatic heterocycles. The summed E-state index contributed by atoms with van der Waals surface area (Å²) in [4.78, 5) is 12.2. The van der Waals surface area contributed by atoms with Gasteiger partial charge in [-0.1, -0.05) is 13.3 Å². The normalized spacial score (nSPS) is 55.9. The highest BCUT2D eigenvalue weighted by Crippen LogP contribution is 2.74. The molecule has 1 heterocycles. The second kappa shape index (κ2) is 5.30. The maximum absolute atomic E-state index is 12.2. The molecule has 0 aromatic carbocycles. The van der Waals surface area contributed by atoms with E-state index in [1.165, 1.54) is 32.1 Å². The number of fused-ring (bicyclic) bond motifs is 4. The average molecular weight is 377 g/mol. The summed E-state index contributed by atoms with van der Waals surface area (Å²) in [6.45, 7) is 9.33. The van der Waals surface area contributed by atoms with Gasteiger partial charge in [0.25, 0.3) is 0 Å². The highest BCUT2D eigenvalue weighted by molar-refractivity contribution is 5.75. The molecule has 27 heavy (non-hydrogen) atoms. The summed E-state index contributed by atoms with van der Waals surface area (Å²) in [7, 11) is 0. The second-order valence-corrected chi connectivity index (χ2v) is 11.6. The zero-order chi connectivity index (χ0) is 19.3. The van der Waals surface area contributed by atoms with Crippen LogP contribution >= 0.6 is 0 Å². The predicted octanol–water partition coefficient (Wildman–Crippen LogP) is 5.01. The van der Waals surface area contributed by atoms with Gasteiger partial charge < -0.3 is 14.6 Å². The molecule has 1 aliphatic heterocycles. The Hall–Kier alpha value is -0.610. The highest BCUT2D eigenvalue weighted by atomic mass is 16.8. The minimum Gasteiger partial charge on any atom is -0.481 e. The van der Waals surface area contributed by atoms with Crippen LogP contribution < -0.4 is 0 Å². The molecule has 1 saturated heterocycles. The van der Waals surface area contributed by atoms with E-state index in [0.717, 1.165) is 32.3 Å². The van der Waals surface area contributed by atoms with Gasteiger partial charge in [-0.2, -0.15) is 0 Å². The van der Waals surface area contributed by atoms with E-state index >= 15 is 0 Å². The summed E-state index contributed by atoms with van der Waals surface area (Å²) in [5.41, 5.74) is -0.132. The van der Waals surface area contributed by atoms with Crippen molar-refractivity contribution >= 4 is 5.97 Å². The van der Waals surface area contributed by atoms with E-state index in [1.807, 2.05) is 6.92 Å². The quantitative estimate of drug-likeness (QED) is 0.699. The van der Waals surface area contributed by atoms with Crippen molar-refractivity contribution in [2.24, 2.45) is 34.0 Å². The molecule has 0 amide bonds. The first-order valence-electron chi connectivity index (χ1n) is 11.1. The summed E-state index contributed by atoms with van der Waals surface area (Å²) >= 11 is 0. The van der Waals surface area contributed by atoms with Crippen LogP contribution in [0, 0.1) is 34.0 Å². The van der Waals surface area contributed by atoms with Crippen LogP contribution in [0.3, 0.4) is 0 Å². The van der Waals surface area contributed by atoms with Crippen molar-refractivity contribution in [3.63, 3.8) is 0 Å². The zero-order valence-corrected chi connectivity index (χ0v) is 17.5. The van der Waals surface area contributed by atoms with Crippen LogP contribution in [0.15, 0.2) is 0 Å². The third kappa shape index (κ3) is 2.26. The monoisotopic (exact) mass is 376 g/mol. The Labute approximate surface area is 163 Å². The van der Waals surface area contributed by atoms with Crippen LogP contribution in [0.4, 0.5) is 0 Å². The Balaban J connectivity index is 1.50. The molecular weight excluding hydrogens is 340 g/mol. The SMILES string of the molecule is CC1(C)OC[C@]2(C[C@@]34CC[C@H]5[C@@](C)(CCC[C@@]5(C)C(=O)O)[C@H]3CC[C@@H]2C4)O1. The molecule has 5 aliphatic rings. The van der Waals surface area contributed by atoms with Crippen LogP contribution in [0.5, 0.6) is 0 Å². The van der Waals surface area contributed by atoms with Crippen molar-refractivity contribution in [2.45, 2.75) is 96.9 Å². The second-order valence-electron chi connectivity index (χ2n) is 11.6. The number of aliphatic carboxylic acids is 1. The molecule has 1 N–H and O–H groups in total. The summed E-state index contributed by atoms with van der Waals surface area (Å²) in [6.07, 6.45) is 10.2. The van der Waals surface area contributed by atoms with Crippen molar-refractivity contribution in [1.29, 1.82) is 0 Å². The van der Waals surface area contributed by atoms with E-state index < -0.39 is 17.2 Å². The van der Waals surface area contributed by atoms with Gasteiger partial charge in [0.2, 0.25) is 0 Å². The Kier molecular flexibility index (Phi) is 3.61. The van der Waals surface area contributed by atoms with Gasteiger partial charge in [-0.15, -0.1) is 0 Å². The Morgan fingerprint density at radius 1 is 1.00 bits per heavy atom. The van der Waals surface area contributed by atoms with Gasteiger partial charge in [-0.3, -0.25) is 4.79 Å². The molecule has 7 atom stereocenters. The maximum atomic E-state index is 12.2. The van der Waals surface area contributed by atoms with Gasteiger partial charge in [-0.05, 0) is 101 Å². The number of hydrogen-bond donors (Lipinski definition) is 1. The van der Waals surface area contributed by atoms with E-state index in [-0.39, 0.29) is 11.0 Å². The number of hydrogen-bond acceptors (Lipinski definition) is 3. The first kappa shape index (κ1) is 18.4. The molecule has 4 aliphatic carbocycles. The molecule has 0 radical (unpaired) electrons. The molecule has 0 unspecified atom stereocenters. The number of carbonyl (C=O) groups is 1. The fourth-order valence-corrected chi connectivity index (χ4v) is 8.99. The number of carboxylic acids is 1. The van der Waals surface area contributed by atoms with Crippen LogP contribution in [0.1, 0.15) is 85.5 Å². The lowest BCUT2D eigenvalue weighted by Gasteiger charge is -2.63. The first-order chi connectivity index (χ1) is 12.6. The van der Waals surface area contributed by atoms with Crippen molar-refractivity contribution < 1.29 is 19.4 Å². The summed E-state index contributed by atoms with van der Waals surface area (Å²) < 4.78 is 12.6. The smallest absolute Gasteiger partial charge is 0.309 e. The summed E-state index contributed by atoms with van der Waals surface area (Å²) in [5, 5.41) is 10.1. The van der Waals surface area contributed by atoms with Gasteiger partial charge in [0, 0.05) is 0 Å². The van der Waals surface area contributed by atoms with Crippen molar-refractivity contribution in [1.82, 2.24) is 0 Å². The largest absolute Gasteiger partial charge is 0.481 e. The molecule has 4 nitrogen and oxygen atoms in total. The molecule has 2 spiro atoms. The molecule has 5 fully saturated rings. The minimum atomic E-state index is -0.569. The molecule has 0 aromatic rings. The highest BCUT2D eigenvalue weighted by Gasteiger charge is 2.70. The fraction of sp³-hybridized carbons (Fsp3) is 0.957.